The Bertz CT molecular complexity index is 910. The van der Waals surface area contributed by atoms with Crippen LogP contribution in [0.15, 0.2) is 35.5 Å². The van der Waals surface area contributed by atoms with E-state index < -0.39 is 16.0 Å². The first kappa shape index (κ1) is 16.2. The van der Waals surface area contributed by atoms with Crippen molar-refractivity contribution in [2.45, 2.75) is 17.5 Å². The van der Waals surface area contributed by atoms with Gasteiger partial charge < -0.3 is 9.72 Å². The maximum Gasteiger partial charge on any atom is 0.338 e. The van der Waals surface area contributed by atoms with E-state index in [1.807, 2.05) is 7.05 Å². The number of carbonyl (C=O) groups excluding carboxylic acids is 1. The molecule has 4 rings (SSSR count). The van der Waals surface area contributed by atoms with Gasteiger partial charge in [-0.15, -0.1) is 0 Å². The van der Waals surface area contributed by atoms with Gasteiger partial charge in [-0.3, -0.25) is 4.90 Å². The number of hydrogen-bond donors (Lipinski definition) is 1. The van der Waals surface area contributed by atoms with Crippen LogP contribution in [0.1, 0.15) is 27.8 Å². The number of aromatic nitrogens is 2. The number of H-pyrrole nitrogens is 1. The number of cyclic esters (lactones) is 1. The first-order valence-corrected chi connectivity index (χ1v) is 9.40. The average molecular weight is 362 g/mol. The predicted molar refractivity (Wildman–Crippen MR) is 88.3 cm³/mol. The van der Waals surface area contributed by atoms with Crippen molar-refractivity contribution >= 4 is 16.0 Å². The molecule has 0 saturated carbocycles. The summed E-state index contributed by atoms with van der Waals surface area (Å²) in [5, 5.41) is 0. The van der Waals surface area contributed by atoms with E-state index in [0.717, 1.165) is 11.4 Å². The Kier molecular flexibility index (Phi) is 3.86. The molecule has 2 aliphatic heterocycles. The highest BCUT2D eigenvalue weighted by Crippen LogP contribution is 2.28. The molecule has 1 aromatic carbocycles. The van der Waals surface area contributed by atoms with Gasteiger partial charge in [-0.2, -0.15) is 4.31 Å². The van der Waals surface area contributed by atoms with Crippen LogP contribution < -0.4 is 0 Å². The Balaban J connectivity index is 1.64. The molecule has 1 aromatic heterocycles. The zero-order valence-corrected chi connectivity index (χ0v) is 14.5. The lowest BCUT2D eigenvalue weighted by molar-refractivity contribution is 0.0535. The fourth-order valence-corrected chi connectivity index (χ4v) is 4.69. The Morgan fingerprint density at radius 1 is 1.32 bits per heavy atom. The minimum atomic E-state index is -3.70. The fourth-order valence-electron chi connectivity index (χ4n) is 3.22. The minimum Gasteiger partial charge on any atom is -0.457 e. The Morgan fingerprint density at radius 3 is 2.92 bits per heavy atom. The molecule has 1 fully saturated rings. The van der Waals surface area contributed by atoms with E-state index in [2.05, 4.69) is 14.9 Å². The predicted octanol–water partition coefficient (Wildman–Crippen LogP) is 0.757. The molecular formula is C16H18N4O4S. The molecule has 25 heavy (non-hydrogen) atoms. The average Bonchev–Trinajstić information content (AvgIpc) is 3.25. The Hall–Kier alpha value is -2.23. The monoisotopic (exact) mass is 362 g/mol. The van der Waals surface area contributed by atoms with E-state index in [9.17, 15) is 13.2 Å². The van der Waals surface area contributed by atoms with Crippen LogP contribution in [-0.4, -0.2) is 60.2 Å². The maximum absolute atomic E-state index is 13.0. The van der Waals surface area contributed by atoms with Crippen molar-refractivity contribution in [3.63, 3.8) is 0 Å². The summed E-state index contributed by atoms with van der Waals surface area (Å²) < 4.78 is 32.5. The summed E-state index contributed by atoms with van der Waals surface area (Å²) in [4.78, 5) is 21.2. The van der Waals surface area contributed by atoms with Gasteiger partial charge in [0.2, 0.25) is 10.0 Å². The molecule has 0 aliphatic carbocycles. The molecule has 0 spiro atoms. The number of sulfonamides is 1. The second-order valence-corrected chi connectivity index (χ2v) is 8.17. The van der Waals surface area contributed by atoms with Crippen LogP contribution in [0.25, 0.3) is 0 Å². The number of nitrogens with one attached hydrogen (secondary N) is 1. The van der Waals surface area contributed by atoms with Crippen molar-refractivity contribution in [3.8, 4) is 0 Å². The quantitative estimate of drug-likeness (QED) is 0.810. The normalized spacial score (nSPS) is 22.0. The van der Waals surface area contributed by atoms with E-state index >= 15 is 0 Å². The third kappa shape index (κ3) is 2.74. The lowest BCUT2D eigenvalue weighted by Crippen LogP contribution is -2.49. The zero-order chi connectivity index (χ0) is 17.6. The van der Waals surface area contributed by atoms with Crippen LogP contribution in [0.5, 0.6) is 0 Å². The standard InChI is InChI=1S/C16H18N4O4S/c1-19-6-7-20(9-14(19)15-17-4-5-18-15)25(22,23)12-3-2-11-10-24-16(21)13(11)8-12/h2-5,8,14H,6-7,9-10H2,1H3,(H,17,18)/t14-/m0/s1. The summed E-state index contributed by atoms with van der Waals surface area (Å²) in [6.07, 6.45) is 3.38. The van der Waals surface area contributed by atoms with Gasteiger partial charge in [0, 0.05) is 37.6 Å². The summed E-state index contributed by atoms with van der Waals surface area (Å²) in [5.74, 6) is 0.263. The van der Waals surface area contributed by atoms with E-state index in [0.29, 0.717) is 25.2 Å². The Labute approximate surface area is 145 Å². The van der Waals surface area contributed by atoms with Crippen molar-refractivity contribution in [1.82, 2.24) is 19.2 Å². The van der Waals surface area contributed by atoms with Gasteiger partial charge in [-0.05, 0) is 19.2 Å². The lowest BCUT2D eigenvalue weighted by Gasteiger charge is -2.37. The van der Waals surface area contributed by atoms with Crippen LogP contribution in [0, 0.1) is 0 Å². The van der Waals surface area contributed by atoms with Crippen molar-refractivity contribution in [2.75, 3.05) is 26.7 Å². The topological polar surface area (TPSA) is 95.6 Å². The van der Waals surface area contributed by atoms with Crippen molar-refractivity contribution < 1.29 is 17.9 Å². The van der Waals surface area contributed by atoms with E-state index in [-0.39, 0.29) is 17.5 Å². The van der Waals surface area contributed by atoms with Gasteiger partial charge in [0.05, 0.1) is 16.5 Å². The second kappa shape index (κ2) is 5.94. The molecule has 0 unspecified atom stereocenters. The summed E-state index contributed by atoms with van der Waals surface area (Å²) in [7, 11) is -1.75. The van der Waals surface area contributed by atoms with Crippen molar-refractivity contribution in [3.05, 3.63) is 47.5 Å². The number of benzene rings is 1. The van der Waals surface area contributed by atoms with Gasteiger partial charge in [-0.25, -0.2) is 18.2 Å². The molecular weight excluding hydrogens is 344 g/mol. The molecule has 0 bridgehead atoms. The molecule has 3 heterocycles. The number of esters is 1. The molecule has 1 atom stereocenters. The number of nitrogens with zero attached hydrogens (tertiary/aromatic N) is 3. The van der Waals surface area contributed by atoms with Gasteiger partial charge in [-0.1, -0.05) is 6.07 Å². The first-order valence-electron chi connectivity index (χ1n) is 7.96. The number of likely N-dealkylation sites (N-methyl/N-ethyl adjacent to an activating group) is 1. The van der Waals surface area contributed by atoms with Crippen molar-refractivity contribution in [2.24, 2.45) is 0 Å². The molecule has 0 amide bonds. The Morgan fingerprint density at radius 2 is 2.16 bits per heavy atom. The summed E-state index contributed by atoms with van der Waals surface area (Å²) >= 11 is 0. The highest BCUT2D eigenvalue weighted by atomic mass is 32.2. The molecule has 9 heteroatoms. The van der Waals surface area contributed by atoms with Gasteiger partial charge >= 0.3 is 5.97 Å². The number of carbonyl (C=O) groups is 1. The minimum absolute atomic E-state index is 0.118. The number of rotatable bonds is 3. The molecule has 2 aromatic rings. The van der Waals surface area contributed by atoms with Gasteiger partial charge in [0.15, 0.2) is 0 Å². The van der Waals surface area contributed by atoms with E-state index in [4.69, 9.17) is 4.74 Å². The van der Waals surface area contributed by atoms with Gasteiger partial charge in [0.1, 0.15) is 12.4 Å². The lowest BCUT2D eigenvalue weighted by atomic mass is 10.1. The SMILES string of the molecule is CN1CCN(S(=O)(=O)c2ccc3c(c2)C(=O)OC3)C[C@H]1c1ncc[nH]1. The first-order chi connectivity index (χ1) is 12.0. The van der Waals surface area contributed by atoms with Crippen LogP contribution in [0.2, 0.25) is 0 Å². The van der Waals surface area contributed by atoms with Crippen molar-refractivity contribution in [1.29, 1.82) is 0 Å². The highest BCUT2D eigenvalue weighted by Gasteiger charge is 2.35. The second-order valence-electron chi connectivity index (χ2n) is 6.23. The number of ether oxygens (including phenoxy) is 1. The molecule has 1 N–H and O–H groups in total. The molecule has 0 radical (unpaired) electrons. The zero-order valence-electron chi connectivity index (χ0n) is 13.7. The number of hydrogen-bond acceptors (Lipinski definition) is 6. The van der Waals surface area contributed by atoms with Gasteiger partial charge in [0.25, 0.3) is 0 Å². The van der Waals surface area contributed by atoms with Crippen LogP contribution in [-0.2, 0) is 21.4 Å². The third-order valence-corrected chi connectivity index (χ3v) is 6.60. The molecule has 1 saturated heterocycles. The van der Waals surface area contributed by atoms with Crippen LogP contribution in [0.4, 0.5) is 0 Å². The largest absolute Gasteiger partial charge is 0.457 e. The summed E-state index contributed by atoms with van der Waals surface area (Å²) in [6.45, 7) is 1.48. The maximum atomic E-state index is 13.0. The van der Waals surface area contributed by atoms with E-state index in [1.165, 1.54) is 16.4 Å². The van der Waals surface area contributed by atoms with Crippen LogP contribution >= 0.6 is 0 Å². The van der Waals surface area contributed by atoms with Crippen LogP contribution in [0.3, 0.4) is 0 Å². The fraction of sp³-hybridized carbons (Fsp3) is 0.375. The number of aromatic amines is 1. The number of imidazole rings is 1. The highest BCUT2D eigenvalue weighted by molar-refractivity contribution is 7.89. The number of fused-ring (bicyclic) bond motifs is 1. The molecule has 132 valence electrons. The summed E-state index contributed by atoms with van der Waals surface area (Å²) in [5.41, 5.74) is 1.05. The third-order valence-electron chi connectivity index (χ3n) is 4.74. The van der Waals surface area contributed by atoms with E-state index in [1.54, 1.807) is 18.5 Å². The molecule has 8 nitrogen and oxygen atoms in total. The summed E-state index contributed by atoms with van der Waals surface area (Å²) in [6, 6.07) is 4.46. The molecule has 2 aliphatic rings. The number of piperazine rings is 1. The smallest absolute Gasteiger partial charge is 0.338 e.